The topological polar surface area (TPSA) is 80.4 Å². The van der Waals surface area contributed by atoms with Crippen LogP contribution in [-0.4, -0.2) is 16.0 Å². The molecule has 15 heavy (non-hydrogen) atoms. The molecule has 0 aliphatic carbocycles. The highest BCUT2D eigenvalue weighted by atomic mass is 19.3. The molecule has 80 valence electrons. The Kier molecular flexibility index (Phi) is 2.65. The van der Waals surface area contributed by atoms with Gasteiger partial charge in [-0.15, -0.1) is 0 Å². The molecule has 5 nitrogen and oxygen atoms in total. The number of para-hydroxylation sites is 1. The maximum absolute atomic E-state index is 13.0. The molecule has 0 amide bonds. The zero-order valence-electron chi connectivity index (χ0n) is 7.18. The van der Waals surface area contributed by atoms with Crippen molar-refractivity contribution in [2.75, 3.05) is 0 Å². The Labute approximate surface area is 82.1 Å². The molecular weight excluding hydrogens is 212 g/mol. The maximum atomic E-state index is 13.0. The van der Waals surface area contributed by atoms with Crippen molar-refractivity contribution in [1.82, 2.24) is 0 Å². The van der Waals surface area contributed by atoms with Crippen LogP contribution in [-0.2, 0) is 10.7 Å². The van der Waals surface area contributed by atoms with Gasteiger partial charge in [-0.1, -0.05) is 12.1 Å². The van der Waals surface area contributed by atoms with Gasteiger partial charge in [-0.05, 0) is 6.07 Å². The summed E-state index contributed by atoms with van der Waals surface area (Å²) in [6.45, 7) is 0. The number of nitrogens with zero attached hydrogens (tertiary/aromatic N) is 1. The van der Waals surface area contributed by atoms with E-state index in [1.807, 2.05) is 0 Å². The predicted octanol–water partition coefficient (Wildman–Crippen LogP) is 1.77. The van der Waals surface area contributed by atoms with Crippen LogP contribution in [0.1, 0.15) is 5.56 Å². The van der Waals surface area contributed by atoms with Crippen LogP contribution in [0.5, 0.6) is 0 Å². The molecule has 1 rings (SSSR count). The first kappa shape index (κ1) is 11.0. The lowest BCUT2D eigenvalue weighted by Crippen LogP contribution is -2.26. The Morgan fingerprint density at radius 1 is 1.40 bits per heavy atom. The Hall–Kier alpha value is -2.05. The smallest absolute Gasteiger partial charge is 0.379 e. The highest BCUT2D eigenvalue weighted by Crippen LogP contribution is 2.34. The summed E-state index contributed by atoms with van der Waals surface area (Å²) in [7, 11) is 0. The van der Waals surface area contributed by atoms with Gasteiger partial charge >= 0.3 is 11.9 Å². The molecular formula is C8H5F2NO4. The van der Waals surface area contributed by atoms with Crippen LogP contribution in [0.4, 0.5) is 14.5 Å². The number of alkyl halides is 2. The summed E-state index contributed by atoms with van der Waals surface area (Å²) in [6.07, 6.45) is 0. The fraction of sp³-hybridized carbons (Fsp3) is 0.125. The van der Waals surface area contributed by atoms with E-state index in [0.717, 1.165) is 12.1 Å². The average Bonchev–Trinajstić information content (AvgIpc) is 2.17. The van der Waals surface area contributed by atoms with Gasteiger partial charge in [0.2, 0.25) is 0 Å². The Balaban J connectivity index is 3.37. The molecule has 0 spiro atoms. The van der Waals surface area contributed by atoms with Crippen molar-refractivity contribution in [1.29, 1.82) is 0 Å². The van der Waals surface area contributed by atoms with Crippen LogP contribution in [0.15, 0.2) is 24.3 Å². The number of aliphatic carboxylic acids is 1. The van der Waals surface area contributed by atoms with Gasteiger partial charge in [0.05, 0.1) is 4.92 Å². The maximum Gasteiger partial charge on any atom is 0.379 e. The SMILES string of the molecule is O=C(O)C(F)(F)c1ccccc1[N+](=O)[O-]. The lowest BCUT2D eigenvalue weighted by Gasteiger charge is -2.10. The van der Waals surface area contributed by atoms with E-state index in [-0.39, 0.29) is 0 Å². The molecule has 0 radical (unpaired) electrons. The fourth-order valence-electron chi connectivity index (χ4n) is 1.01. The number of hydrogen-bond donors (Lipinski definition) is 1. The summed E-state index contributed by atoms with van der Waals surface area (Å²) in [5.74, 6) is -6.68. The number of carbonyl (C=O) groups is 1. The lowest BCUT2D eigenvalue weighted by molar-refractivity contribution is -0.386. The van der Waals surface area contributed by atoms with Gasteiger partial charge in [0.15, 0.2) is 0 Å². The van der Waals surface area contributed by atoms with Crippen LogP contribution in [0.2, 0.25) is 0 Å². The number of rotatable bonds is 3. The molecule has 0 bridgehead atoms. The number of hydrogen-bond acceptors (Lipinski definition) is 3. The van der Waals surface area contributed by atoms with Crippen LogP contribution in [0, 0.1) is 10.1 Å². The van der Waals surface area contributed by atoms with Gasteiger partial charge in [0, 0.05) is 6.07 Å². The van der Waals surface area contributed by atoms with E-state index in [0.29, 0.717) is 6.07 Å². The van der Waals surface area contributed by atoms with Crippen molar-refractivity contribution < 1.29 is 23.6 Å². The molecule has 1 aromatic rings. The van der Waals surface area contributed by atoms with E-state index < -0.39 is 28.1 Å². The van der Waals surface area contributed by atoms with Gasteiger partial charge < -0.3 is 5.11 Å². The van der Waals surface area contributed by atoms with Crippen molar-refractivity contribution in [3.8, 4) is 0 Å². The molecule has 0 aliphatic heterocycles. The van der Waals surface area contributed by atoms with Crippen LogP contribution in [0.3, 0.4) is 0 Å². The van der Waals surface area contributed by atoms with Crippen molar-refractivity contribution in [3.05, 3.63) is 39.9 Å². The van der Waals surface area contributed by atoms with Crippen molar-refractivity contribution in [2.24, 2.45) is 0 Å². The monoisotopic (exact) mass is 217 g/mol. The van der Waals surface area contributed by atoms with Gasteiger partial charge in [-0.25, -0.2) is 4.79 Å². The number of nitro groups is 1. The molecule has 0 atom stereocenters. The minimum Gasteiger partial charge on any atom is -0.477 e. The standard InChI is InChI=1S/C8H5F2NO4/c9-8(10,7(12)13)5-3-1-2-4-6(5)11(14)15/h1-4H,(H,12,13). The van der Waals surface area contributed by atoms with Gasteiger partial charge in [-0.2, -0.15) is 8.78 Å². The number of benzene rings is 1. The number of halogens is 2. The normalized spacial score (nSPS) is 11.1. The number of carboxylic acid groups (broad SMARTS) is 1. The molecule has 7 heteroatoms. The van der Waals surface area contributed by atoms with Crippen molar-refractivity contribution in [3.63, 3.8) is 0 Å². The molecule has 0 saturated heterocycles. The minimum atomic E-state index is -4.26. The predicted molar refractivity (Wildman–Crippen MR) is 44.6 cm³/mol. The van der Waals surface area contributed by atoms with E-state index >= 15 is 0 Å². The van der Waals surface area contributed by atoms with Crippen molar-refractivity contribution in [2.45, 2.75) is 5.92 Å². The van der Waals surface area contributed by atoms with Gasteiger partial charge in [-0.3, -0.25) is 10.1 Å². The summed E-state index contributed by atoms with van der Waals surface area (Å²) in [4.78, 5) is 19.5. The second kappa shape index (κ2) is 3.60. The quantitative estimate of drug-likeness (QED) is 0.617. The van der Waals surface area contributed by atoms with Crippen LogP contribution < -0.4 is 0 Å². The highest BCUT2D eigenvalue weighted by Gasteiger charge is 2.45. The summed E-state index contributed by atoms with van der Waals surface area (Å²) in [5.41, 5.74) is -2.03. The van der Waals surface area contributed by atoms with Crippen LogP contribution >= 0.6 is 0 Å². The molecule has 0 aliphatic rings. The summed E-state index contributed by atoms with van der Waals surface area (Å²) in [5, 5.41) is 18.6. The minimum absolute atomic E-state index is 0.715. The first-order valence-corrected chi connectivity index (χ1v) is 3.72. The van der Waals surface area contributed by atoms with Crippen LogP contribution in [0.25, 0.3) is 0 Å². The third-order valence-electron chi connectivity index (χ3n) is 1.71. The Bertz CT molecular complexity index is 419. The van der Waals surface area contributed by atoms with E-state index in [1.54, 1.807) is 0 Å². The molecule has 0 fully saturated rings. The molecule has 1 aromatic carbocycles. The number of nitro benzene ring substituents is 1. The zero-order chi connectivity index (χ0) is 11.6. The fourth-order valence-corrected chi connectivity index (χ4v) is 1.01. The summed E-state index contributed by atoms with van der Waals surface area (Å²) in [6, 6.07) is 3.83. The second-order valence-electron chi connectivity index (χ2n) is 2.65. The molecule has 1 N–H and O–H groups in total. The average molecular weight is 217 g/mol. The Morgan fingerprint density at radius 2 is 1.93 bits per heavy atom. The first-order valence-electron chi connectivity index (χ1n) is 3.72. The van der Waals surface area contributed by atoms with E-state index in [9.17, 15) is 23.7 Å². The zero-order valence-corrected chi connectivity index (χ0v) is 7.18. The number of carboxylic acids is 1. The molecule has 0 saturated carbocycles. The largest absolute Gasteiger partial charge is 0.477 e. The highest BCUT2D eigenvalue weighted by molar-refractivity contribution is 5.79. The Morgan fingerprint density at radius 3 is 2.40 bits per heavy atom. The second-order valence-corrected chi connectivity index (χ2v) is 2.65. The third kappa shape index (κ3) is 1.90. The molecule has 0 heterocycles. The van der Waals surface area contributed by atoms with Gasteiger partial charge in [0.1, 0.15) is 5.56 Å². The van der Waals surface area contributed by atoms with E-state index in [4.69, 9.17) is 5.11 Å². The lowest BCUT2D eigenvalue weighted by atomic mass is 10.1. The summed E-state index contributed by atoms with van der Waals surface area (Å²) < 4.78 is 26.0. The van der Waals surface area contributed by atoms with E-state index in [2.05, 4.69) is 0 Å². The molecule has 0 aromatic heterocycles. The van der Waals surface area contributed by atoms with E-state index in [1.165, 1.54) is 6.07 Å². The van der Waals surface area contributed by atoms with Gasteiger partial charge in [0.25, 0.3) is 5.69 Å². The summed E-state index contributed by atoms with van der Waals surface area (Å²) >= 11 is 0. The first-order chi connectivity index (χ1) is 6.87. The van der Waals surface area contributed by atoms with Crippen molar-refractivity contribution >= 4 is 11.7 Å². The molecule has 0 unspecified atom stereocenters. The third-order valence-corrected chi connectivity index (χ3v) is 1.71.